The maximum atomic E-state index is 13.1. The maximum absolute atomic E-state index is 13.1. The van der Waals surface area contributed by atoms with Crippen LogP contribution < -0.4 is 0 Å². The molecule has 2 aromatic heterocycles. The summed E-state index contributed by atoms with van der Waals surface area (Å²) in [6, 6.07) is 25.0. The van der Waals surface area contributed by atoms with E-state index in [1.165, 1.54) is 11.8 Å². The van der Waals surface area contributed by atoms with Crippen molar-refractivity contribution in [1.82, 2.24) is 29.5 Å². The van der Waals surface area contributed by atoms with E-state index >= 15 is 0 Å². The predicted octanol–water partition coefficient (Wildman–Crippen LogP) is 5.15. The molecule has 0 N–H and O–H groups in total. The van der Waals surface area contributed by atoms with E-state index < -0.39 is 0 Å². The molecule has 2 amide bonds. The third-order valence-electron chi connectivity index (χ3n) is 7.17. The Hall–Kier alpha value is -3.95. The van der Waals surface area contributed by atoms with E-state index in [0.717, 1.165) is 22.0 Å². The number of halogens is 1. The van der Waals surface area contributed by atoms with Crippen molar-refractivity contribution in [3.05, 3.63) is 95.0 Å². The Morgan fingerprint density at radius 1 is 0.975 bits per heavy atom. The monoisotopic (exact) mass is 570 g/mol. The summed E-state index contributed by atoms with van der Waals surface area (Å²) in [5.41, 5.74) is 4.16. The first-order valence-electron chi connectivity index (χ1n) is 13.1. The van der Waals surface area contributed by atoms with Gasteiger partial charge < -0.3 is 14.4 Å². The zero-order valence-electron chi connectivity index (χ0n) is 21.9. The number of aromatic nitrogens is 4. The lowest BCUT2D eigenvalue weighted by molar-refractivity contribution is -0.130. The predicted molar refractivity (Wildman–Crippen MR) is 158 cm³/mol. The average Bonchev–Trinajstić information content (AvgIpc) is 3.28. The van der Waals surface area contributed by atoms with Gasteiger partial charge in [0.2, 0.25) is 11.1 Å². The van der Waals surface area contributed by atoms with Crippen molar-refractivity contribution >= 4 is 57.2 Å². The molecule has 8 nitrogen and oxygen atoms in total. The van der Waals surface area contributed by atoms with Gasteiger partial charge in [-0.3, -0.25) is 9.59 Å². The molecule has 0 spiro atoms. The highest BCUT2D eigenvalue weighted by Crippen LogP contribution is 2.28. The highest BCUT2D eigenvalue weighted by atomic mass is 35.5. The number of hydrogen-bond acceptors (Lipinski definition) is 6. The number of carbonyl (C=O) groups excluding carboxylic acids is 2. The number of benzene rings is 3. The molecule has 6 rings (SSSR count). The summed E-state index contributed by atoms with van der Waals surface area (Å²) in [5, 5.41) is 10.9. The maximum Gasteiger partial charge on any atom is 0.254 e. The molecule has 1 aliphatic heterocycles. The molecule has 1 aliphatic rings. The first-order chi connectivity index (χ1) is 19.5. The summed E-state index contributed by atoms with van der Waals surface area (Å²) in [7, 11) is 0. The highest BCUT2D eigenvalue weighted by molar-refractivity contribution is 7.99. The fourth-order valence-electron chi connectivity index (χ4n) is 5.18. The van der Waals surface area contributed by atoms with Gasteiger partial charge in [0.25, 0.3) is 5.91 Å². The quantitative estimate of drug-likeness (QED) is 0.263. The lowest BCUT2D eigenvalue weighted by Gasteiger charge is -2.40. The van der Waals surface area contributed by atoms with Gasteiger partial charge in [-0.1, -0.05) is 71.9 Å². The SMILES string of the molecule is CC1CN(C(=O)CSc2nnc3c4ccccc4n(Cc4cccc(Cl)c4)c3n2)CCN1C(=O)c1ccccc1. The first-order valence-corrected chi connectivity index (χ1v) is 14.5. The zero-order valence-corrected chi connectivity index (χ0v) is 23.5. The molecule has 1 fully saturated rings. The Kier molecular flexibility index (Phi) is 7.40. The van der Waals surface area contributed by atoms with E-state index in [0.29, 0.717) is 47.6 Å². The number of para-hydroxylation sites is 1. The van der Waals surface area contributed by atoms with Crippen LogP contribution in [0.25, 0.3) is 22.1 Å². The van der Waals surface area contributed by atoms with Crippen molar-refractivity contribution in [3.63, 3.8) is 0 Å². The van der Waals surface area contributed by atoms with Crippen molar-refractivity contribution < 1.29 is 9.59 Å². The minimum Gasteiger partial charge on any atom is -0.338 e. The molecule has 0 bridgehead atoms. The Morgan fingerprint density at radius 3 is 2.58 bits per heavy atom. The summed E-state index contributed by atoms with van der Waals surface area (Å²) in [6.45, 7) is 4.04. The summed E-state index contributed by atoms with van der Waals surface area (Å²) in [6.07, 6.45) is 0. The number of amides is 2. The van der Waals surface area contributed by atoms with Crippen LogP contribution in [0.15, 0.2) is 84.0 Å². The van der Waals surface area contributed by atoms with Crippen LogP contribution in [0, 0.1) is 0 Å². The van der Waals surface area contributed by atoms with Gasteiger partial charge in [0.15, 0.2) is 5.65 Å². The molecule has 202 valence electrons. The van der Waals surface area contributed by atoms with Gasteiger partial charge in [-0.2, -0.15) is 0 Å². The molecular weight excluding hydrogens is 544 g/mol. The second-order valence-corrected chi connectivity index (χ2v) is 11.2. The molecule has 0 saturated carbocycles. The minimum atomic E-state index is -0.0770. The van der Waals surface area contributed by atoms with Gasteiger partial charge in [0, 0.05) is 48.2 Å². The third kappa shape index (κ3) is 5.26. The van der Waals surface area contributed by atoms with Crippen LogP contribution in [0.3, 0.4) is 0 Å². The minimum absolute atomic E-state index is 0.00415. The Balaban J connectivity index is 1.16. The fourth-order valence-corrected chi connectivity index (χ4v) is 6.08. The lowest BCUT2D eigenvalue weighted by atomic mass is 10.1. The van der Waals surface area contributed by atoms with Gasteiger partial charge in [-0.25, -0.2) is 4.98 Å². The van der Waals surface area contributed by atoms with E-state index in [-0.39, 0.29) is 23.6 Å². The summed E-state index contributed by atoms with van der Waals surface area (Å²) in [5.74, 6) is 0.184. The van der Waals surface area contributed by atoms with Crippen molar-refractivity contribution in [3.8, 4) is 0 Å². The van der Waals surface area contributed by atoms with E-state index in [1.807, 2.05) is 95.6 Å². The number of hydrogen-bond donors (Lipinski definition) is 0. The molecule has 3 heterocycles. The molecule has 10 heteroatoms. The smallest absolute Gasteiger partial charge is 0.254 e. The van der Waals surface area contributed by atoms with E-state index in [4.69, 9.17) is 16.6 Å². The second-order valence-electron chi connectivity index (χ2n) is 9.84. The van der Waals surface area contributed by atoms with Crippen molar-refractivity contribution in [1.29, 1.82) is 0 Å². The highest BCUT2D eigenvalue weighted by Gasteiger charge is 2.30. The second kappa shape index (κ2) is 11.3. The summed E-state index contributed by atoms with van der Waals surface area (Å²) >= 11 is 7.51. The van der Waals surface area contributed by atoms with Crippen LogP contribution >= 0.6 is 23.4 Å². The molecule has 0 radical (unpaired) electrons. The number of piperazine rings is 1. The molecule has 0 aliphatic carbocycles. The van der Waals surface area contributed by atoms with Crippen LogP contribution in [0.5, 0.6) is 0 Å². The van der Waals surface area contributed by atoms with Crippen LogP contribution in [-0.4, -0.2) is 72.8 Å². The first kappa shape index (κ1) is 26.3. The molecule has 5 aromatic rings. The largest absolute Gasteiger partial charge is 0.338 e. The number of fused-ring (bicyclic) bond motifs is 3. The van der Waals surface area contributed by atoms with Gasteiger partial charge in [-0.15, -0.1) is 10.2 Å². The van der Waals surface area contributed by atoms with E-state index in [1.54, 1.807) is 0 Å². The molecule has 1 saturated heterocycles. The molecule has 3 aromatic carbocycles. The van der Waals surface area contributed by atoms with Crippen LogP contribution in [-0.2, 0) is 11.3 Å². The van der Waals surface area contributed by atoms with Gasteiger partial charge >= 0.3 is 0 Å². The van der Waals surface area contributed by atoms with Gasteiger partial charge in [0.1, 0.15) is 5.52 Å². The molecule has 1 unspecified atom stereocenters. The van der Waals surface area contributed by atoms with Crippen molar-refractivity contribution in [2.45, 2.75) is 24.7 Å². The summed E-state index contributed by atoms with van der Waals surface area (Å²) < 4.78 is 2.11. The van der Waals surface area contributed by atoms with Crippen LogP contribution in [0.1, 0.15) is 22.8 Å². The van der Waals surface area contributed by atoms with Crippen LogP contribution in [0.4, 0.5) is 0 Å². The Morgan fingerprint density at radius 2 is 1.77 bits per heavy atom. The van der Waals surface area contributed by atoms with Gasteiger partial charge in [0.05, 0.1) is 11.3 Å². The van der Waals surface area contributed by atoms with Crippen molar-refractivity contribution in [2.24, 2.45) is 0 Å². The lowest BCUT2D eigenvalue weighted by Crippen LogP contribution is -2.55. The Labute approximate surface area is 241 Å². The van der Waals surface area contributed by atoms with Crippen molar-refractivity contribution in [2.75, 3.05) is 25.4 Å². The topological polar surface area (TPSA) is 84.2 Å². The molecule has 40 heavy (non-hydrogen) atoms. The number of nitrogens with zero attached hydrogens (tertiary/aromatic N) is 6. The average molecular weight is 571 g/mol. The Bertz CT molecular complexity index is 1710. The van der Waals surface area contributed by atoms with Crippen LogP contribution in [0.2, 0.25) is 5.02 Å². The number of carbonyl (C=O) groups is 2. The zero-order chi connectivity index (χ0) is 27.6. The fraction of sp³-hybridized carbons (Fsp3) is 0.233. The molecular formula is C30H27ClN6O2S. The standard InChI is InChI=1S/C30H27ClN6O2S/c1-20-17-35(14-15-36(20)29(39)22-9-3-2-4-10-22)26(38)19-40-30-32-28-27(33-34-30)24-12-5-6-13-25(24)37(28)18-21-8-7-11-23(31)16-21/h2-13,16,20H,14-15,17-19H2,1H3. The number of rotatable bonds is 6. The van der Waals surface area contributed by atoms with E-state index in [9.17, 15) is 9.59 Å². The normalized spacial score (nSPS) is 15.6. The van der Waals surface area contributed by atoms with Gasteiger partial charge in [-0.05, 0) is 42.8 Å². The summed E-state index contributed by atoms with van der Waals surface area (Å²) in [4.78, 5) is 34.5. The third-order valence-corrected chi connectivity index (χ3v) is 8.23. The van der Waals surface area contributed by atoms with E-state index in [2.05, 4.69) is 14.8 Å². The molecule has 1 atom stereocenters. The number of thioether (sulfide) groups is 1.